The number of ether oxygens (including phenoxy) is 1. The van der Waals surface area contributed by atoms with Gasteiger partial charge in [-0.2, -0.15) is 0 Å². The van der Waals surface area contributed by atoms with Gasteiger partial charge in [-0.05, 0) is 26.2 Å². The summed E-state index contributed by atoms with van der Waals surface area (Å²) in [6, 6.07) is 3.69. The molecule has 1 fully saturated rings. The van der Waals surface area contributed by atoms with Crippen molar-refractivity contribution in [2.24, 2.45) is 0 Å². The van der Waals surface area contributed by atoms with E-state index in [4.69, 9.17) is 9.72 Å². The fourth-order valence-electron chi connectivity index (χ4n) is 2.92. The number of urea groups is 1. The van der Waals surface area contributed by atoms with Crippen molar-refractivity contribution >= 4 is 32.7 Å². The van der Waals surface area contributed by atoms with E-state index in [-0.39, 0.29) is 12.1 Å². The van der Waals surface area contributed by atoms with Gasteiger partial charge < -0.3 is 10.1 Å². The lowest BCUT2D eigenvalue weighted by Gasteiger charge is -2.15. The van der Waals surface area contributed by atoms with Crippen molar-refractivity contribution in [2.45, 2.75) is 12.5 Å². The Morgan fingerprint density at radius 1 is 1.50 bits per heavy atom. The van der Waals surface area contributed by atoms with E-state index in [0.717, 1.165) is 28.0 Å². The molecule has 124 valence electrons. The van der Waals surface area contributed by atoms with E-state index in [1.165, 1.54) is 11.3 Å². The first-order chi connectivity index (χ1) is 11.6. The van der Waals surface area contributed by atoms with Crippen LogP contribution in [0.4, 0.5) is 9.93 Å². The number of nitrogens with one attached hydrogen (secondary N) is 1. The van der Waals surface area contributed by atoms with Gasteiger partial charge in [0.25, 0.3) is 0 Å². The number of carbonyl (C=O) groups excluding carboxylic acids is 1. The largest absolute Gasteiger partial charge is 0.493 e. The fourth-order valence-corrected chi connectivity index (χ4v) is 3.96. The lowest BCUT2D eigenvalue weighted by Crippen LogP contribution is -2.33. The molecular weight excluding hydrogens is 324 g/mol. The number of carbonyl (C=O) groups is 1. The van der Waals surface area contributed by atoms with Gasteiger partial charge in [-0.25, -0.2) is 9.78 Å². The van der Waals surface area contributed by atoms with E-state index in [0.29, 0.717) is 24.8 Å². The van der Waals surface area contributed by atoms with E-state index in [9.17, 15) is 4.79 Å². The van der Waals surface area contributed by atoms with E-state index >= 15 is 0 Å². The van der Waals surface area contributed by atoms with Crippen LogP contribution in [0, 0.1) is 11.8 Å². The second-order valence-electron chi connectivity index (χ2n) is 6.11. The number of thiazole rings is 1. The summed E-state index contributed by atoms with van der Waals surface area (Å²) in [4.78, 5) is 20.7. The van der Waals surface area contributed by atoms with Crippen molar-refractivity contribution in [2.75, 3.05) is 38.7 Å². The SMILES string of the molecule is CN(C)CC#C[C@@H]1CNC(=O)N1c1nc2c3c(ccc2s1)OCC3. The minimum atomic E-state index is -0.178. The Hall–Kier alpha value is -2.30. The maximum atomic E-state index is 12.3. The third-order valence-corrected chi connectivity index (χ3v) is 5.09. The number of rotatable bonds is 2. The second kappa shape index (κ2) is 5.96. The molecule has 1 aromatic carbocycles. The summed E-state index contributed by atoms with van der Waals surface area (Å²) in [5, 5.41) is 3.56. The summed E-state index contributed by atoms with van der Waals surface area (Å²) >= 11 is 1.53. The van der Waals surface area contributed by atoms with Crippen LogP contribution in [0.3, 0.4) is 0 Å². The molecule has 1 saturated heterocycles. The smallest absolute Gasteiger partial charge is 0.324 e. The highest BCUT2D eigenvalue weighted by atomic mass is 32.1. The predicted molar refractivity (Wildman–Crippen MR) is 94.8 cm³/mol. The molecule has 2 aromatic rings. The van der Waals surface area contributed by atoms with Gasteiger partial charge in [-0.15, -0.1) is 0 Å². The maximum absolute atomic E-state index is 12.3. The summed E-state index contributed by atoms with van der Waals surface area (Å²) in [6.07, 6.45) is 0.869. The highest BCUT2D eigenvalue weighted by Crippen LogP contribution is 2.38. The molecule has 0 unspecified atom stereocenters. The normalized spacial score (nSPS) is 19.2. The number of benzene rings is 1. The van der Waals surface area contributed by atoms with E-state index < -0.39 is 0 Å². The molecule has 2 aliphatic rings. The van der Waals surface area contributed by atoms with Crippen LogP contribution in [0.5, 0.6) is 5.75 Å². The van der Waals surface area contributed by atoms with Crippen molar-refractivity contribution in [1.82, 2.24) is 15.2 Å². The Kier molecular flexibility index (Phi) is 3.79. The van der Waals surface area contributed by atoms with Gasteiger partial charge in [-0.1, -0.05) is 23.2 Å². The van der Waals surface area contributed by atoms with Gasteiger partial charge in [-0.3, -0.25) is 9.80 Å². The third kappa shape index (κ3) is 2.58. The third-order valence-electron chi connectivity index (χ3n) is 4.07. The molecule has 0 bridgehead atoms. The lowest BCUT2D eigenvalue weighted by atomic mass is 10.1. The first-order valence-corrected chi connectivity index (χ1v) is 8.70. The van der Waals surface area contributed by atoms with Crippen molar-refractivity contribution in [3.63, 3.8) is 0 Å². The minimum absolute atomic E-state index is 0.133. The average Bonchev–Trinajstić information content (AvgIpc) is 3.23. The van der Waals surface area contributed by atoms with Gasteiger partial charge in [0.2, 0.25) is 0 Å². The summed E-state index contributed by atoms with van der Waals surface area (Å²) in [5.41, 5.74) is 2.09. The molecule has 2 aliphatic heterocycles. The van der Waals surface area contributed by atoms with Crippen LogP contribution in [0.15, 0.2) is 12.1 Å². The molecule has 24 heavy (non-hydrogen) atoms. The van der Waals surface area contributed by atoms with Gasteiger partial charge in [0.1, 0.15) is 11.8 Å². The number of nitrogens with zero attached hydrogens (tertiary/aromatic N) is 3. The van der Waals surface area contributed by atoms with Crippen LogP contribution < -0.4 is 15.0 Å². The van der Waals surface area contributed by atoms with Gasteiger partial charge in [0.15, 0.2) is 5.13 Å². The van der Waals surface area contributed by atoms with Gasteiger partial charge in [0.05, 0.1) is 29.9 Å². The fraction of sp³-hybridized carbons (Fsp3) is 0.412. The standard InChI is InChI=1S/C17H18N4O2S/c1-20(2)8-3-4-11-10-18-16(22)21(11)17-19-15-12-7-9-23-13(12)5-6-14(15)24-17/h5-6,11H,7-10H2,1-2H3,(H,18,22)/t11-/m1/s1. The van der Waals surface area contributed by atoms with E-state index in [1.807, 2.05) is 31.1 Å². The van der Waals surface area contributed by atoms with Crippen LogP contribution in [0.1, 0.15) is 5.56 Å². The Morgan fingerprint density at radius 3 is 3.21 bits per heavy atom. The van der Waals surface area contributed by atoms with Crippen molar-refractivity contribution < 1.29 is 9.53 Å². The second-order valence-corrected chi connectivity index (χ2v) is 7.12. The first-order valence-electron chi connectivity index (χ1n) is 7.89. The zero-order valence-electron chi connectivity index (χ0n) is 13.6. The van der Waals surface area contributed by atoms with Crippen LogP contribution in [0.25, 0.3) is 10.2 Å². The molecule has 1 N–H and O–H groups in total. The summed E-state index contributed by atoms with van der Waals surface area (Å²) in [5.74, 6) is 7.21. The molecule has 1 aromatic heterocycles. The molecule has 0 aliphatic carbocycles. The number of amides is 2. The number of aromatic nitrogens is 1. The molecule has 7 heteroatoms. The zero-order valence-corrected chi connectivity index (χ0v) is 14.4. The van der Waals surface area contributed by atoms with Gasteiger partial charge >= 0.3 is 6.03 Å². The van der Waals surface area contributed by atoms with E-state index in [2.05, 4.69) is 17.2 Å². The zero-order chi connectivity index (χ0) is 16.7. The highest BCUT2D eigenvalue weighted by molar-refractivity contribution is 7.22. The van der Waals surface area contributed by atoms with Crippen molar-refractivity contribution in [3.8, 4) is 17.6 Å². The van der Waals surface area contributed by atoms with Crippen molar-refractivity contribution in [3.05, 3.63) is 17.7 Å². The number of hydrogen-bond acceptors (Lipinski definition) is 5. The van der Waals surface area contributed by atoms with Crippen LogP contribution in [-0.2, 0) is 6.42 Å². The molecule has 0 spiro atoms. The highest BCUT2D eigenvalue weighted by Gasteiger charge is 2.33. The van der Waals surface area contributed by atoms with Crippen LogP contribution in [-0.4, -0.2) is 55.7 Å². The molecule has 0 radical (unpaired) electrons. The number of fused-ring (bicyclic) bond motifs is 3. The van der Waals surface area contributed by atoms with Crippen LogP contribution in [0.2, 0.25) is 0 Å². The molecular formula is C17H18N4O2S. The van der Waals surface area contributed by atoms with E-state index in [1.54, 1.807) is 4.90 Å². The Bertz CT molecular complexity index is 865. The average molecular weight is 342 g/mol. The minimum Gasteiger partial charge on any atom is -0.493 e. The monoisotopic (exact) mass is 342 g/mol. The maximum Gasteiger partial charge on any atom is 0.324 e. The molecule has 4 rings (SSSR count). The topological polar surface area (TPSA) is 57.7 Å². The summed E-state index contributed by atoms with van der Waals surface area (Å²) in [7, 11) is 3.95. The Balaban J connectivity index is 1.69. The number of hydrogen-bond donors (Lipinski definition) is 1. The molecule has 3 heterocycles. The first kappa shape index (κ1) is 15.2. The molecule has 1 atom stereocenters. The molecule has 2 amide bonds. The summed E-state index contributed by atoms with van der Waals surface area (Å²) in [6.45, 7) is 1.89. The number of anilines is 1. The van der Waals surface area contributed by atoms with Crippen LogP contribution >= 0.6 is 11.3 Å². The van der Waals surface area contributed by atoms with Gasteiger partial charge in [0, 0.05) is 12.0 Å². The van der Waals surface area contributed by atoms with Crippen molar-refractivity contribution in [1.29, 1.82) is 0 Å². The Morgan fingerprint density at radius 2 is 2.38 bits per heavy atom. The summed E-state index contributed by atoms with van der Waals surface area (Å²) < 4.78 is 6.68. The Labute approximate surface area is 144 Å². The lowest BCUT2D eigenvalue weighted by molar-refractivity contribution is 0.252. The predicted octanol–water partition coefficient (Wildman–Crippen LogP) is 1.69. The molecule has 0 saturated carbocycles. The molecule has 6 nitrogen and oxygen atoms in total. The quantitative estimate of drug-likeness (QED) is 0.844.